The highest BCUT2D eigenvalue weighted by molar-refractivity contribution is 5.89. The van der Waals surface area contributed by atoms with Gasteiger partial charge in [0.25, 0.3) is 0 Å². The quantitative estimate of drug-likeness (QED) is 0.730. The highest BCUT2D eigenvalue weighted by Gasteiger charge is 2.11. The highest BCUT2D eigenvalue weighted by Crippen LogP contribution is 2.22. The van der Waals surface area contributed by atoms with Gasteiger partial charge in [-0.05, 0) is 48.9 Å². The summed E-state index contributed by atoms with van der Waals surface area (Å²) in [4.78, 5) is 11.9. The first-order valence-electron chi connectivity index (χ1n) is 7.96. The van der Waals surface area contributed by atoms with Gasteiger partial charge in [0, 0.05) is 18.8 Å². The number of benzene rings is 2. The lowest BCUT2D eigenvalue weighted by Gasteiger charge is -2.17. The van der Waals surface area contributed by atoms with E-state index >= 15 is 0 Å². The zero-order valence-electron chi connectivity index (χ0n) is 13.5. The van der Waals surface area contributed by atoms with Crippen molar-refractivity contribution in [2.45, 2.75) is 25.7 Å². The van der Waals surface area contributed by atoms with Crippen LogP contribution in [0.4, 0.5) is 10.5 Å². The molecule has 0 aromatic heterocycles. The molecule has 0 aliphatic heterocycles. The van der Waals surface area contributed by atoms with E-state index in [0.717, 1.165) is 17.7 Å². The number of hydrogen-bond donors (Lipinski definition) is 3. The standard InChI is InChI=1S/C19H24N2O2/c1-15-6-5-9-18(14-15)21-19(23)20-12-10-17(11-13-22)16-7-3-2-4-8-16/h2-9,14,17,22H,10-13H2,1H3,(H2,20,21,23). The molecule has 1 atom stereocenters. The lowest BCUT2D eigenvalue weighted by Crippen LogP contribution is -2.30. The van der Waals surface area contributed by atoms with Crippen LogP contribution in [0.5, 0.6) is 0 Å². The molecule has 2 aromatic carbocycles. The molecule has 4 nitrogen and oxygen atoms in total. The van der Waals surface area contributed by atoms with Gasteiger partial charge < -0.3 is 15.7 Å². The topological polar surface area (TPSA) is 61.4 Å². The van der Waals surface area contributed by atoms with Crippen LogP contribution in [0.25, 0.3) is 0 Å². The molecular formula is C19H24N2O2. The lowest BCUT2D eigenvalue weighted by molar-refractivity contribution is 0.250. The molecular weight excluding hydrogens is 288 g/mol. The number of nitrogens with one attached hydrogen (secondary N) is 2. The molecule has 4 heteroatoms. The van der Waals surface area contributed by atoms with E-state index in [1.165, 1.54) is 5.56 Å². The van der Waals surface area contributed by atoms with E-state index in [4.69, 9.17) is 0 Å². The molecule has 122 valence electrons. The molecule has 0 spiro atoms. The highest BCUT2D eigenvalue weighted by atomic mass is 16.3. The van der Waals surface area contributed by atoms with Crippen LogP contribution >= 0.6 is 0 Å². The van der Waals surface area contributed by atoms with Gasteiger partial charge >= 0.3 is 6.03 Å². The van der Waals surface area contributed by atoms with E-state index in [1.807, 2.05) is 49.4 Å². The van der Waals surface area contributed by atoms with Gasteiger partial charge in [0.05, 0.1) is 0 Å². The smallest absolute Gasteiger partial charge is 0.319 e. The fraction of sp³-hybridized carbons (Fsp3) is 0.316. The summed E-state index contributed by atoms with van der Waals surface area (Å²) in [7, 11) is 0. The van der Waals surface area contributed by atoms with E-state index < -0.39 is 0 Å². The number of carbonyl (C=O) groups excluding carboxylic acids is 1. The molecule has 23 heavy (non-hydrogen) atoms. The van der Waals surface area contributed by atoms with Crippen LogP contribution in [0, 0.1) is 6.92 Å². The Bertz CT molecular complexity index is 614. The molecule has 0 bridgehead atoms. The zero-order chi connectivity index (χ0) is 16.5. The molecule has 3 N–H and O–H groups in total. The summed E-state index contributed by atoms with van der Waals surface area (Å²) >= 11 is 0. The zero-order valence-corrected chi connectivity index (χ0v) is 13.5. The van der Waals surface area contributed by atoms with Crippen LogP contribution in [0.1, 0.15) is 29.9 Å². The van der Waals surface area contributed by atoms with Crippen LogP contribution < -0.4 is 10.6 Å². The van der Waals surface area contributed by atoms with Crippen molar-refractivity contribution in [3.8, 4) is 0 Å². The van der Waals surface area contributed by atoms with Gasteiger partial charge in [-0.25, -0.2) is 4.79 Å². The van der Waals surface area contributed by atoms with Crippen molar-refractivity contribution in [1.29, 1.82) is 0 Å². The maximum atomic E-state index is 11.9. The Morgan fingerprint density at radius 2 is 1.87 bits per heavy atom. The first-order chi connectivity index (χ1) is 11.2. The summed E-state index contributed by atoms with van der Waals surface area (Å²) < 4.78 is 0. The average molecular weight is 312 g/mol. The fourth-order valence-electron chi connectivity index (χ4n) is 2.62. The Morgan fingerprint density at radius 1 is 1.09 bits per heavy atom. The monoisotopic (exact) mass is 312 g/mol. The molecule has 1 unspecified atom stereocenters. The third-order valence-electron chi connectivity index (χ3n) is 3.80. The van der Waals surface area contributed by atoms with Crippen molar-refractivity contribution in [1.82, 2.24) is 5.32 Å². The fourth-order valence-corrected chi connectivity index (χ4v) is 2.62. The molecule has 2 rings (SSSR count). The Kier molecular flexibility index (Phi) is 6.63. The minimum atomic E-state index is -0.202. The Morgan fingerprint density at radius 3 is 2.57 bits per heavy atom. The molecule has 0 aliphatic carbocycles. The van der Waals surface area contributed by atoms with Crippen molar-refractivity contribution >= 4 is 11.7 Å². The summed E-state index contributed by atoms with van der Waals surface area (Å²) in [5, 5.41) is 14.9. The van der Waals surface area contributed by atoms with Gasteiger partial charge in [-0.3, -0.25) is 0 Å². The van der Waals surface area contributed by atoms with Gasteiger partial charge in [0.15, 0.2) is 0 Å². The number of anilines is 1. The number of aliphatic hydroxyl groups excluding tert-OH is 1. The number of hydrogen-bond acceptors (Lipinski definition) is 2. The second-order valence-corrected chi connectivity index (χ2v) is 5.66. The Labute approximate surface area is 137 Å². The summed E-state index contributed by atoms with van der Waals surface area (Å²) in [5.74, 6) is 0.250. The second kappa shape index (κ2) is 8.96. The summed E-state index contributed by atoms with van der Waals surface area (Å²) in [5.41, 5.74) is 3.09. The SMILES string of the molecule is Cc1cccc(NC(=O)NCCC(CCO)c2ccccc2)c1. The third-order valence-corrected chi connectivity index (χ3v) is 3.80. The second-order valence-electron chi connectivity index (χ2n) is 5.66. The van der Waals surface area contributed by atoms with Gasteiger partial charge in [-0.2, -0.15) is 0 Å². The Balaban J connectivity index is 1.81. The summed E-state index contributed by atoms with van der Waals surface area (Å²) in [6.45, 7) is 2.70. The van der Waals surface area contributed by atoms with E-state index in [9.17, 15) is 9.90 Å². The number of carbonyl (C=O) groups is 1. The predicted octanol–water partition coefficient (Wildman–Crippen LogP) is 3.67. The maximum absolute atomic E-state index is 11.9. The maximum Gasteiger partial charge on any atom is 0.319 e. The number of rotatable bonds is 7. The number of amides is 2. The number of aryl methyl sites for hydroxylation is 1. The van der Waals surface area contributed by atoms with Crippen molar-refractivity contribution in [3.05, 3.63) is 65.7 Å². The minimum Gasteiger partial charge on any atom is -0.396 e. The van der Waals surface area contributed by atoms with Crippen LogP contribution in [0.15, 0.2) is 54.6 Å². The third kappa shape index (κ3) is 5.75. The molecule has 2 amide bonds. The molecule has 0 aliphatic rings. The van der Waals surface area contributed by atoms with Gasteiger partial charge in [0.1, 0.15) is 0 Å². The van der Waals surface area contributed by atoms with E-state index in [-0.39, 0.29) is 18.6 Å². The largest absolute Gasteiger partial charge is 0.396 e. The number of aliphatic hydroxyl groups is 1. The van der Waals surface area contributed by atoms with Crippen molar-refractivity contribution in [2.24, 2.45) is 0 Å². The van der Waals surface area contributed by atoms with Crippen molar-refractivity contribution in [2.75, 3.05) is 18.5 Å². The summed E-state index contributed by atoms with van der Waals surface area (Å²) in [6, 6.07) is 17.6. The van der Waals surface area contributed by atoms with Crippen LogP contribution in [0.2, 0.25) is 0 Å². The van der Waals surface area contributed by atoms with E-state index in [1.54, 1.807) is 0 Å². The molecule has 0 radical (unpaired) electrons. The normalized spacial score (nSPS) is 11.7. The van der Waals surface area contributed by atoms with E-state index in [0.29, 0.717) is 13.0 Å². The molecule has 0 fully saturated rings. The van der Waals surface area contributed by atoms with Crippen molar-refractivity contribution < 1.29 is 9.90 Å². The molecule has 2 aromatic rings. The molecule has 0 saturated heterocycles. The van der Waals surface area contributed by atoms with Gasteiger partial charge in [-0.1, -0.05) is 42.5 Å². The lowest BCUT2D eigenvalue weighted by atomic mass is 9.93. The predicted molar refractivity (Wildman–Crippen MR) is 93.7 cm³/mol. The van der Waals surface area contributed by atoms with Gasteiger partial charge in [0.2, 0.25) is 0 Å². The first kappa shape index (κ1) is 17.0. The first-order valence-corrected chi connectivity index (χ1v) is 7.96. The van der Waals surface area contributed by atoms with Gasteiger partial charge in [-0.15, -0.1) is 0 Å². The Hall–Kier alpha value is -2.33. The average Bonchev–Trinajstić information content (AvgIpc) is 2.55. The van der Waals surface area contributed by atoms with Crippen molar-refractivity contribution in [3.63, 3.8) is 0 Å². The molecule has 0 heterocycles. The molecule has 0 saturated carbocycles. The van der Waals surface area contributed by atoms with Crippen LogP contribution in [-0.2, 0) is 0 Å². The number of urea groups is 1. The van der Waals surface area contributed by atoms with Crippen LogP contribution in [0.3, 0.4) is 0 Å². The van der Waals surface area contributed by atoms with E-state index in [2.05, 4.69) is 22.8 Å². The van der Waals surface area contributed by atoms with Crippen LogP contribution in [-0.4, -0.2) is 24.3 Å². The summed E-state index contributed by atoms with van der Waals surface area (Å²) in [6.07, 6.45) is 1.50. The minimum absolute atomic E-state index is 0.148.